The molecule has 1 fully saturated rings. The summed E-state index contributed by atoms with van der Waals surface area (Å²) in [5, 5.41) is 5.69. The molecule has 26 heavy (non-hydrogen) atoms. The monoisotopic (exact) mass is 464 g/mol. The highest BCUT2D eigenvalue weighted by atomic mass is 127. The van der Waals surface area contributed by atoms with Crippen LogP contribution in [0.3, 0.4) is 0 Å². The number of hydrogen-bond acceptors (Lipinski definition) is 4. The molecule has 1 aliphatic heterocycles. The average molecular weight is 464 g/mol. The molecule has 0 spiro atoms. The Labute approximate surface area is 162 Å². The molecule has 132 valence electrons. The third kappa shape index (κ3) is 3.11. The van der Waals surface area contributed by atoms with E-state index in [-0.39, 0.29) is 18.3 Å². The van der Waals surface area contributed by atoms with Crippen LogP contribution in [-0.2, 0) is 9.53 Å². The highest BCUT2D eigenvalue weighted by molar-refractivity contribution is 14.1. The van der Waals surface area contributed by atoms with Gasteiger partial charge in [0.15, 0.2) is 6.23 Å². The number of hydrazine groups is 1. The van der Waals surface area contributed by atoms with Crippen molar-refractivity contribution < 1.29 is 13.9 Å². The van der Waals surface area contributed by atoms with Crippen LogP contribution < -0.4 is 5.84 Å². The van der Waals surface area contributed by atoms with E-state index >= 15 is 0 Å². The number of carbonyl (C=O) groups is 1. The van der Waals surface area contributed by atoms with E-state index < -0.39 is 6.23 Å². The molecule has 1 unspecified atom stereocenters. The first-order valence-electron chi connectivity index (χ1n) is 7.83. The van der Waals surface area contributed by atoms with Gasteiger partial charge in [0, 0.05) is 20.9 Å². The molecule has 1 atom stereocenters. The molecule has 6 nitrogen and oxygen atoms in total. The van der Waals surface area contributed by atoms with Gasteiger partial charge in [0.2, 0.25) is 0 Å². The van der Waals surface area contributed by atoms with Crippen molar-refractivity contribution in [3.05, 3.63) is 69.7 Å². The summed E-state index contributed by atoms with van der Waals surface area (Å²) >= 11 is 2.23. The summed E-state index contributed by atoms with van der Waals surface area (Å²) in [6, 6.07) is 13.8. The Morgan fingerprint density at radius 3 is 2.46 bits per heavy atom. The van der Waals surface area contributed by atoms with Crippen LogP contribution in [0, 0.1) is 9.39 Å². The number of amides is 1. The standard InChI is InChI=1S/C18H14FIN4O2/c19-12-3-1-11(2-4-12)17-15(18-24(21)16(25)10-26-18)9-23(22-17)14-7-5-13(20)6-8-14/h1-9,18H,10,21H2. The lowest BCUT2D eigenvalue weighted by atomic mass is 10.1. The summed E-state index contributed by atoms with van der Waals surface area (Å²) in [4.78, 5) is 11.8. The summed E-state index contributed by atoms with van der Waals surface area (Å²) in [5.41, 5.74) is 2.79. The zero-order valence-electron chi connectivity index (χ0n) is 13.5. The van der Waals surface area contributed by atoms with E-state index in [2.05, 4.69) is 27.7 Å². The molecule has 1 saturated heterocycles. The minimum Gasteiger partial charge on any atom is -0.343 e. The lowest BCUT2D eigenvalue weighted by Crippen LogP contribution is -2.35. The number of rotatable bonds is 3. The second-order valence-corrected chi connectivity index (χ2v) is 7.07. The van der Waals surface area contributed by atoms with Crippen molar-refractivity contribution in [2.24, 2.45) is 5.84 Å². The average Bonchev–Trinajstić information content (AvgIpc) is 3.21. The van der Waals surface area contributed by atoms with Crippen LogP contribution >= 0.6 is 22.6 Å². The molecule has 2 aromatic carbocycles. The van der Waals surface area contributed by atoms with E-state index in [1.807, 2.05) is 24.3 Å². The van der Waals surface area contributed by atoms with E-state index in [9.17, 15) is 9.18 Å². The van der Waals surface area contributed by atoms with Crippen molar-refractivity contribution in [3.63, 3.8) is 0 Å². The Morgan fingerprint density at radius 2 is 1.85 bits per heavy atom. The maximum Gasteiger partial charge on any atom is 0.265 e. The van der Waals surface area contributed by atoms with Crippen molar-refractivity contribution in [3.8, 4) is 16.9 Å². The van der Waals surface area contributed by atoms with Crippen LogP contribution in [0.15, 0.2) is 54.7 Å². The smallest absolute Gasteiger partial charge is 0.265 e. The van der Waals surface area contributed by atoms with E-state index in [4.69, 9.17) is 10.6 Å². The number of nitrogens with two attached hydrogens (primary N) is 1. The number of hydrogen-bond donors (Lipinski definition) is 1. The predicted molar refractivity (Wildman–Crippen MR) is 101 cm³/mol. The lowest BCUT2D eigenvalue weighted by molar-refractivity contribution is -0.128. The minimum atomic E-state index is -0.736. The van der Waals surface area contributed by atoms with Gasteiger partial charge in [0.1, 0.15) is 18.1 Å². The van der Waals surface area contributed by atoms with Gasteiger partial charge in [-0.15, -0.1) is 0 Å². The first-order chi connectivity index (χ1) is 12.5. The fourth-order valence-corrected chi connectivity index (χ4v) is 3.16. The summed E-state index contributed by atoms with van der Waals surface area (Å²) < 4.78 is 21.6. The fraction of sp³-hybridized carbons (Fsp3) is 0.111. The number of benzene rings is 2. The highest BCUT2D eigenvalue weighted by Crippen LogP contribution is 2.33. The normalized spacial score (nSPS) is 17.1. The molecule has 0 bridgehead atoms. The summed E-state index contributed by atoms with van der Waals surface area (Å²) in [5.74, 6) is 5.22. The van der Waals surface area contributed by atoms with Crippen LogP contribution in [0.4, 0.5) is 4.39 Å². The van der Waals surface area contributed by atoms with Crippen molar-refractivity contribution in [2.75, 3.05) is 6.61 Å². The molecule has 4 rings (SSSR count). The molecule has 3 aromatic rings. The molecule has 8 heteroatoms. The molecule has 2 heterocycles. The molecule has 0 aliphatic carbocycles. The largest absolute Gasteiger partial charge is 0.343 e. The molecule has 2 N–H and O–H groups in total. The predicted octanol–water partition coefficient (Wildman–Crippen LogP) is 3.01. The molecular weight excluding hydrogens is 450 g/mol. The van der Waals surface area contributed by atoms with Crippen LogP contribution in [0.25, 0.3) is 16.9 Å². The van der Waals surface area contributed by atoms with Gasteiger partial charge in [0.25, 0.3) is 5.91 Å². The van der Waals surface area contributed by atoms with Gasteiger partial charge < -0.3 is 4.74 Å². The number of halogens is 2. The molecule has 0 saturated carbocycles. The Kier molecular flexibility index (Phi) is 4.47. The summed E-state index contributed by atoms with van der Waals surface area (Å²) in [7, 11) is 0. The van der Waals surface area contributed by atoms with E-state index in [0.29, 0.717) is 16.8 Å². The maximum atomic E-state index is 13.3. The molecule has 1 amide bonds. The van der Waals surface area contributed by atoms with Crippen molar-refractivity contribution in [2.45, 2.75) is 6.23 Å². The first-order valence-corrected chi connectivity index (χ1v) is 8.90. The van der Waals surface area contributed by atoms with E-state index in [0.717, 1.165) is 14.3 Å². The minimum absolute atomic E-state index is 0.0846. The van der Waals surface area contributed by atoms with Crippen LogP contribution in [0.2, 0.25) is 0 Å². The number of aromatic nitrogens is 2. The Hall–Kier alpha value is -2.30. The highest BCUT2D eigenvalue weighted by Gasteiger charge is 2.34. The second-order valence-electron chi connectivity index (χ2n) is 5.83. The van der Waals surface area contributed by atoms with Gasteiger partial charge in [-0.1, -0.05) is 0 Å². The SMILES string of the molecule is NN1C(=O)COC1c1cn(-c2ccc(I)cc2)nc1-c1ccc(F)cc1. The van der Waals surface area contributed by atoms with E-state index in [1.54, 1.807) is 23.0 Å². The lowest BCUT2D eigenvalue weighted by Gasteiger charge is -2.17. The third-order valence-corrected chi connectivity index (χ3v) is 4.84. The molecule has 0 radical (unpaired) electrons. The van der Waals surface area contributed by atoms with Gasteiger partial charge in [-0.05, 0) is 71.1 Å². The van der Waals surface area contributed by atoms with Crippen LogP contribution in [0.1, 0.15) is 11.8 Å². The zero-order valence-corrected chi connectivity index (χ0v) is 15.6. The van der Waals surface area contributed by atoms with E-state index in [1.165, 1.54) is 12.1 Å². The summed E-state index contributed by atoms with van der Waals surface area (Å²) in [6.07, 6.45) is 1.05. The topological polar surface area (TPSA) is 73.4 Å². The van der Waals surface area contributed by atoms with Gasteiger partial charge >= 0.3 is 0 Å². The van der Waals surface area contributed by atoms with Crippen molar-refractivity contribution in [1.82, 2.24) is 14.8 Å². The number of ether oxygens (including phenoxy) is 1. The molecule has 1 aliphatic rings. The third-order valence-electron chi connectivity index (χ3n) is 4.12. The van der Waals surface area contributed by atoms with Crippen molar-refractivity contribution in [1.29, 1.82) is 0 Å². The van der Waals surface area contributed by atoms with Crippen molar-refractivity contribution >= 4 is 28.5 Å². The number of carbonyl (C=O) groups excluding carboxylic acids is 1. The Bertz CT molecular complexity index is 956. The molecule has 1 aromatic heterocycles. The second kappa shape index (κ2) is 6.78. The first kappa shape index (κ1) is 17.1. The summed E-state index contributed by atoms with van der Waals surface area (Å²) in [6.45, 7) is -0.0846. The fourth-order valence-electron chi connectivity index (χ4n) is 2.80. The van der Waals surface area contributed by atoms with Gasteiger partial charge in [-0.3, -0.25) is 4.79 Å². The van der Waals surface area contributed by atoms with Crippen LogP contribution in [-0.4, -0.2) is 27.3 Å². The molecular formula is C18H14FIN4O2. The van der Waals surface area contributed by atoms with Gasteiger partial charge in [-0.2, -0.15) is 5.10 Å². The number of nitrogens with zero attached hydrogens (tertiary/aromatic N) is 3. The van der Waals surface area contributed by atoms with Gasteiger partial charge in [0.05, 0.1) is 5.69 Å². The quantitative estimate of drug-likeness (QED) is 0.368. The Balaban J connectivity index is 1.83. The van der Waals surface area contributed by atoms with Crippen LogP contribution in [0.5, 0.6) is 0 Å². The Morgan fingerprint density at radius 1 is 1.15 bits per heavy atom. The zero-order chi connectivity index (χ0) is 18.3. The van der Waals surface area contributed by atoms with Gasteiger partial charge in [-0.25, -0.2) is 19.9 Å². The maximum absolute atomic E-state index is 13.3.